The van der Waals surface area contributed by atoms with Gasteiger partial charge in [-0.05, 0) is 76.5 Å². The van der Waals surface area contributed by atoms with Gasteiger partial charge in [0, 0.05) is 13.1 Å². The summed E-state index contributed by atoms with van der Waals surface area (Å²) in [5.41, 5.74) is 5.90. The molecule has 11 nitrogen and oxygen atoms in total. The monoisotopic (exact) mass is 645 g/mol. The van der Waals surface area contributed by atoms with E-state index in [9.17, 15) is 19.2 Å². The predicted octanol–water partition coefficient (Wildman–Crippen LogP) is 5.80. The fourth-order valence-corrected chi connectivity index (χ4v) is 5.63. The van der Waals surface area contributed by atoms with Gasteiger partial charge in [0.1, 0.15) is 6.04 Å². The van der Waals surface area contributed by atoms with E-state index in [1.54, 1.807) is 31.2 Å². The Kier molecular flexibility index (Phi) is 20.4. The van der Waals surface area contributed by atoms with Crippen molar-refractivity contribution in [3.63, 3.8) is 0 Å². The minimum Gasteiger partial charge on any atom is -0.448 e. The Morgan fingerprint density at radius 2 is 1.54 bits per heavy atom. The normalized spacial score (nSPS) is 14.6. The van der Waals surface area contributed by atoms with Crippen LogP contribution in [-0.4, -0.2) is 67.2 Å². The number of hydrogen-bond acceptors (Lipinski definition) is 8. The first kappa shape index (κ1) is 39.0. The second kappa shape index (κ2) is 24.1. The molecule has 260 valence electrons. The lowest BCUT2D eigenvalue weighted by Crippen LogP contribution is -2.57. The van der Waals surface area contributed by atoms with Gasteiger partial charge >= 0.3 is 12.1 Å². The molecule has 1 aromatic rings. The summed E-state index contributed by atoms with van der Waals surface area (Å²) in [7, 11) is 0. The van der Waals surface area contributed by atoms with E-state index in [1.165, 1.54) is 37.1 Å². The average Bonchev–Trinajstić information content (AvgIpc) is 3.07. The molecule has 0 spiro atoms. The Balaban J connectivity index is 1.96. The fourth-order valence-electron chi connectivity index (χ4n) is 5.63. The molecular weight excluding hydrogens is 586 g/mol. The molecule has 0 heterocycles. The molecule has 1 saturated carbocycles. The van der Waals surface area contributed by atoms with Crippen molar-refractivity contribution in [2.75, 3.05) is 26.2 Å². The molecular formula is C35H59N5O6. The van der Waals surface area contributed by atoms with Crippen LogP contribution in [0.1, 0.15) is 127 Å². The number of hydrogen-bond donors (Lipinski definition) is 4. The van der Waals surface area contributed by atoms with E-state index in [0.717, 1.165) is 44.6 Å². The summed E-state index contributed by atoms with van der Waals surface area (Å²) in [4.78, 5) is 56.8. The maximum atomic E-state index is 13.6. The highest BCUT2D eigenvalue weighted by molar-refractivity contribution is 5.90. The smallest absolute Gasteiger partial charge is 0.428 e. The molecule has 1 aliphatic rings. The molecule has 0 aliphatic heterocycles. The molecule has 1 aromatic carbocycles. The van der Waals surface area contributed by atoms with Gasteiger partial charge in [-0.15, -0.1) is 0 Å². The zero-order chi connectivity index (χ0) is 33.4. The minimum absolute atomic E-state index is 0.201. The molecule has 1 aliphatic carbocycles. The number of hydroxylamine groups is 1. The first-order valence-electron chi connectivity index (χ1n) is 17.7. The molecule has 0 radical (unpaired) electrons. The first-order chi connectivity index (χ1) is 22.4. The summed E-state index contributed by atoms with van der Waals surface area (Å²) >= 11 is 0. The fraction of sp³-hybridized carbons (Fsp3) is 0.714. The third-order valence-electron chi connectivity index (χ3n) is 8.37. The summed E-state index contributed by atoms with van der Waals surface area (Å²) in [5, 5.41) is 7.65. The van der Waals surface area contributed by atoms with Crippen LogP contribution in [0.25, 0.3) is 0 Å². The zero-order valence-electron chi connectivity index (χ0n) is 28.5. The van der Waals surface area contributed by atoms with Crippen molar-refractivity contribution >= 4 is 23.9 Å². The van der Waals surface area contributed by atoms with E-state index in [1.807, 2.05) is 19.9 Å². The molecule has 2 atom stereocenters. The van der Waals surface area contributed by atoms with Gasteiger partial charge in [-0.2, -0.15) is 5.48 Å². The highest BCUT2D eigenvalue weighted by Crippen LogP contribution is 2.27. The van der Waals surface area contributed by atoms with Crippen LogP contribution in [0.5, 0.6) is 0 Å². The lowest BCUT2D eigenvalue weighted by molar-refractivity contribution is -0.132. The van der Waals surface area contributed by atoms with Crippen LogP contribution in [0, 0.1) is 5.92 Å². The van der Waals surface area contributed by atoms with E-state index in [0.29, 0.717) is 50.8 Å². The molecule has 0 aromatic heterocycles. The van der Waals surface area contributed by atoms with E-state index < -0.39 is 30.1 Å². The summed E-state index contributed by atoms with van der Waals surface area (Å²) < 4.78 is 5.13. The number of rotatable bonds is 22. The van der Waals surface area contributed by atoms with Crippen LogP contribution >= 0.6 is 0 Å². The molecule has 0 unspecified atom stereocenters. The van der Waals surface area contributed by atoms with Crippen molar-refractivity contribution < 1.29 is 28.8 Å². The van der Waals surface area contributed by atoms with Gasteiger partial charge in [0.05, 0.1) is 18.2 Å². The van der Waals surface area contributed by atoms with Gasteiger partial charge in [-0.1, -0.05) is 83.4 Å². The van der Waals surface area contributed by atoms with Crippen molar-refractivity contribution in [1.29, 1.82) is 0 Å². The highest BCUT2D eigenvalue weighted by Gasteiger charge is 2.27. The largest absolute Gasteiger partial charge is 0.448 e. The van der Waals surface area contributed by atoms with Crippen molar-refractivity contribution in [2.24, 2.45) is 5.92 Å². The number of hydrazine groups is 1. The zero-order valence-corrected chi connectivity index (χ0v) is 28.5. The number of ether oxygens (including phenoxy) is 1. The van der Waals surface area contributed by atoms with Gasteiger partial charge in [0.2, 0.25) is 5.91 Å². The molecule has 0 saturated heterocycles. The molecule has 46 heavy (non-hydrogen) atoms. The van der Waals surface area contributed by atoms with Gasteiger partial charge < -0.3 is 20.2 Å². The Bertz CT molecular complexity index is 1000. The molecule has 0 bridgehead atoms. The quantitative estimate of drug-likeness (QED) is 0.0917. The number of nitrogens with one attached hydrogen (secondary N) is 4. The van der Waals surface area contributed by atoms with Gasteiger partial charge in [0.25, 0.3) is 5.91 Å². The molecule has 4 N–H and O–H groups in total. The summed E-state index contributed by atoms with van der Waals surface area (Å²) in [5.74, 6) is -0.324. The average molecular weight is 646 g/mol. The van der Waals surface area contributed by atoms with E-state index in [2.05, 4.69) is 21.5 Å². The van der Waals surface area contributed by atoms with Gasteiger partial charge in [-0.3, -0.25) is 15.0 Å². The minimum atomic E-state index is -0.781. The van der Waals surface area contributed by atoms with Crippen LogP contribution < -0.4 is 21.5 Å². The number of carbonyl (C=O) groups excluding carboxylic acids is 4. The second-order valence-electron chi connectivity index (χ2n) is 12.2. The highest BCUT2D eigenvalue weighted by atomic mass is 16.7. The van der Waals surface area contributed by atoms with Crippen molar-refractivity contribution in [3.8, 4) is 0 Å². The molecule has 2 rings (SSSR count). The summed E-state index contributed by atoms with van der Waals surface area (Å²) in [6.07, 6.45) is 13.7. The Labute approximate surface area is 276 Å². The maximum absolute atomic E-state index is 13.6. The standard InChI is InChI=1S/C35H59N5O6/c1-4-7-23-31(33(42)39-40(27-8-5-2)35(44)45-6-3)38-32(41)30(36-25-17-20-28-18-11-9-12-19-28)24-15-16-26-37-46-34(43)29-21-13-10-14-22-29/h10,13-14,21-22,28,30-31,36-37H,4-9,11-12,15-20,23-27H2,1-3H3,(H,38,41)(H,39,42)/t30-,31-/m0/s1. The van der Waals surface area contributed by atoms with Crippen LogP contribution in [0.2, 0.25) is 0 Å². The van der Waals surface area contributed by atoms with E-state index in [-0.39, 0.29) is 12.5 Å². The van der Waals surface area contributed by atoms with Crippen LogP contribution in [0.3, 0.4) is 0 Å². The number of amides is 3. The van der Waals surface area contributed by atoms with Crippen LogP contribution in [-0.2, 0) is 19.2 Å². The van der Waals surface area contributed by atoms with E-state index in [4.69, 9.17) is 9.57 Å². The van der Waals surface area contributed by atoms with Crippen molar-refractivity contribution in [2.45, 2.75) is 129 Å². The van der Waals surface area contributed by atoms with Crippen molar-refractivity contribution in [3.05, 3.63) is 35.9 Å². The Hall–Kier alpha value is -3.18. The Morgan fingerprint density at radius 3 is 2.24 bits per heavy atom. The van der Waals surface area contributed by atoms with Gasteiger partial charge in [-0.25, -0.2) is 14.6 Å². The van der Waals surface area contributed by atoms with E-state index >= 15 is 0 Å². The van der Waals surface area contributed by atoms with Crippen LogP contribution in [0.15, 0.2) is 30.3 Å². The number of nitrogens with zero attached hydrogens (tertiary/aromatic N) is 1. The molecule has 1 fully saturated rings. The molecule has 3 amide bonds. The number of carbonyl (C=O) groups is 4. The third-order valence-corrected chi connectivity index (χ3v) is 8.37. The SMILES string of the molecule is CCCC[C@H](NC(=O)[C@H](CCCCNOC(=O)c1ccccc1)NCCCC1CCCCC1)C(=O)NN(CCCC)C(=O)OCC. The lowest BCUT2D eigenvalue weighted by Gasteiger charge is -2.27. The number of unbranched alkanes of at least 4 members (excludes halogenated alkanes) is 3. The lowest BCUT2D eigenvalue weighted by atomic mass is 9.86. The molecule has 11 heteroatoms. The van der Waals surface area contributed by atoms with Crippen molar-refractivity contribution in [1.82, 2.24) is 26.5 Å². The summed E-state index contributed by atoms with van der Waals surface area (Å²) in [6.45, 7) is 7.47. The van der Waals surface area contributed by atoms with Gasteiger partial charge in [0.15, 0.2) is 0 Å². The second-order valence-corrected chi connectivity index (χ2v) is 12.2. The Morgan fingerprint density at radius 1 is 0.826 bits per heavy atom. The third kappa shape index (κ3) is 15.9. The topological polar surface area (TPSA) is 138 Å². The number of benzene rings is 1. The summed E-state index contributed by atoms with van der Waals surface area (Å²) in [6, 6.07) is 7.53. The first-order valence-corrected chi connectivity index (χ1v) is 17.7. The van der Waals surface area contributed by atoms with Crippen LogP contribution in [0.4, 0.5) is 4.79 Å². The maximum Gasteiger partial charge on any atom is 0.428 e. The predicted molar refractivity (Wildman–Crippen MR) is 180 cm³/mol.